The fourth-order valence-corrected chi connectivity index (χ4v) is 2.36. The number of fused-ring (bicyclic) bond motifs is 1. The molecule has 1 N–H and O–H groups in total. The van der Waals surface area contributed by atoms with Crippen molar-refractivity contribution in [2.75, 3.05) is 0 Å². The van der Waals surface area contributed by atoms with Crippen molar-refractivity contribution in [3.63, 3.8) is 0 Å². The van der Waals surface area contributed by atoms with E-state index in [4.69, 9.17) is 6.57 Å². The first kappa shape index (κ1) is 12.6. The predicted molar refractivity (Wildman–Crippen MR) is 69.3 cm³/mol. The van der Waals surface area contributed by atoms with E-state index in [1.807, 2.05) is 33.8 Å². The average molecular weight is 243 g/mol. The summed E-state index contributed by atoms with van der Waals surface area (Å²) in [5.41, 5.74) is 0.659. The van der Waals surface area contributed by atoms with Gasteiger partial charge in [0, 0.05) is 5.56 Å². The van der Waals surface area contributed by atoms with Gasteiger partial charge in [-0.05, 0) is 33.3 Å². The second kappa shape index (κ2) is 3.81. The van der Waals surface area contributed by atoms with Crippen LogP contribution in [0.1, 0.15) is 45.4 Å². The molecule has 4 nitrogen and oxygen atoms in total. The Morgan fingerprint density at radius 3 is 2.61 bits per heavy atom. The maximum absolute atomic E-state index is 12.3. The van der Waals surface area contributed by atoms with Crippen LogP contribution in [0, 0.1) is 6.57 Å². The van der Waals surface area contributed by atoms with Crippen LogP contribution < -0.4 is 5.32 Å². The Morgan fingerprint density at radius 2 is 2.06 bits per heavy atom. The molecule has 0 radical (unpaired) electrons. The van der Waals surface area contributed by atoms with Gasteiger partial charge in [-0.1, -0.05) is 19.6 Å². The Labute approximate surface area is 107 Å². The molecule has 1 aliphatic heterocycles. The molecule has 0 spiro atoms. The molecular formula is C14H17N3O. The number of carbonyl (C=O) groups excluding carboxylic acids is 1. The SMILES string of the molecule is [C-]#[N+]c1ccc2c(n1)C(C)(CC)C(=O)NC2(C)C. The van der Waals surface area contributed by atoms with Gasteiger partial charge in [-0.3, -0.25) is 4.79 Å². The predicted octanol–water partition coefficient (Wildman–Crippen LogP) is 2.66. The number of aromatic nitrogens is 1. The molecule has 1 aromatic heterocycles. The number of pyridine rings is 1. The van der Waals surface area contributed by atoms with Crippen LogP contribution in [0.2, 0.25) is 0 Å². The zero-order valence-corrected chi connectivity index (χ0v) is 11.2. The summed E-state index contributed by atoms with van der Waals surface area (Å²) in [7, 11) is 0. The number of nitrogens with one attached hydrogen (secondary N) is 1. The lowest BCUT2D eigenvalue weighted by atomic mass is 9.72. The van der Waals surface area contributed by atoms with Gasteiger partial charge in [-0.25, -0.2) is 0 Å². The van der Waals surface area contributed by atoms with Gasteiger partial charge in [-0.15, -0.1) is 4.98 Å². The highest BCUT2D eigenvalue weighted by Gasteiger charge is 2.48. The smallest absolute Gasteiger partial charge is 0.269 e. The zero-order chi connectivity index (χ0) is 13.6. The Hall–Kier alpha value is -1.89. The molecule has 1 atom stereocenters. The second-order valence-corrected chi connectivity index (χ2v) is 5.44. The van der Waals surface area contributed by atoms with Crippen molar-refractivity contribution in [1.29, 1.82) is 0 Å². The highest BCUT2D eigenvalue weighted by atomic mass is 16.2. The molecule has 0 fully saturated rings. The summed E-state index contributed by atoms with van der Waals surface area (Å²) in [6.07, 6.45) is 0.663. The van der Waals surface area contributed by atoms with Crippen LogP contribution in [0.4, 0.5) is 5.82 Å². The molecule has 4 heteroatoms. The quantitative estimate of drug-likeness (QED) is 0.771. The first-order valence-electron chi connectivity index (χ1n) is 6.07. The van der Waals surface area contributed by atoms with E-state index in [1.165, 1.54) is 0 Å². The fourth-order valence-electron chi connectivity index (χ4n) is 2.36. The summed E-state index contributed by atoms with van der Waals surface area (Å²) >= 11 is 0. The van der Waals surface area contributed by atoms with Gasteiger partial charge in [0.15, 0.2) is 5.69 Å². The summed E-state index contributed by atoms with van der Waals surface area (Å²) in [5.74, 6) is 0.330. The molecular weight excluding hydrogens is 226 g/mol. The summed E-state index contributed by atoms with van der Waals surface area (Å²) in [4.78, 5) is 20.0. The molecule has 1 aliphatic rings. The normalized spacial score (nSPS) is 24.9. The third-order valence-electron chi connectivity index (χ3n) is 3.83. The minimum atomic E-state index is -0.647. The minimum Gasteiger partial charge on any atom is -0.361 e. The third-order valence-corrected chi connectivity index (χ3v) is 3.83. The molecule has 1 unspecified atom stereocenters. The lowest BCUT2D eigenvalue weighted by molar-refractivity contribution is -0.129. The number of carbonyl (C=O) groups is 1. The fraction of sp³-hybridized carbons (Fsp3) is 0.500. The average Bonchev–Trinajstić information content (AvgIpc) is 2.35. The van der Waals surface area contributed by atoms with Crippen LogP contribution in [0.5, 0.6) is 0 Å². The summed E-state index contributed by atoms with van der Waals surface area (Å²) in [6.45, 7) is 14.8. The van der Waals surface area contributed by atoms with Crippen LogP contribution in [0.15, 0.2) is 12.1 Å². The number of nitrogens with zero attached hydrogens (tertiary/aromatic N) is 2. The zero-order valence-electron chi connectivity index (χ0n) is 11.2. The molecule has 2 heterocycles. The van der Waals surface area contributed by atoms with Crippen molar-refractivity contribution in [3.05, 3.63) is 34.8 Å². The molecule has 1 aromatic rings. The molecule has 0 saturated heterocycles. The third kappa shape index (κ3) is 1.59. The van der Waals surface area contributed by atoms with Crippen molar-refractivity contribution in [3.8, 4) is 0 Å². The summed E-state index contributed by atoms with van der Waals surface area (Å²) in [6, 6.07) is 3.62. The largest absolute Gasteiger partial charge is 0.361 e. The van der Waals surface area contributed by atoms with E-state index in [0.717, 1.165) is 11.3 Å². The Morgan fingerprint density at radius 1 is 1.39 bits per heavy atom. The Balaban J connectivity index is 2.75. The highest BCUT2D eigenvalue weighted by molar-refractivity contribution is 5.90. The molecule has 0 aromatic carbocycles. The Bertz CT molecular complexity index is 557. The molecule has 94 valence electrons. The van der Waals surface area contributed by atoms with E-state index in [0.29, 0.717) is 12.2 Å². The minimum absolute atomic E-state index is 0.0165. The van der Waals surface area contributed by atoms with Crippen LogP contribution in [-0.4, -0.2) is 10.9 Å². The van der Waals surface area contributed by atoms with Crippen LogP contribution in [0.3, 0.4) is 0 Å². The maximum Gasteiger partial charge on any atom is 0.269 e. The number of rotatable bonds is 1. The van der Waals surface area contributed by atoms with E-state index < -0.39 is 11.0 Å². The first-order valence-corrected chi connectivity index (χ1v) is 6.07. The van der Waals surface area contributed by atoms with Crippen LogP contribution >= 0.6 is 0 Å². The van der Waals surface area contributed by atoms with E-state index >= 15 is 0 Å². The molecule has 18 heavy (non-hydrogen) atoms. The van der Waals surface area contributed by atoms with E-state index in [-0.39, 0.29) is 5.91 Å². The summed E-state index contributed by atoms with van der Waals surface area (Å²) < 4.78 is 0. The maximum atomic E-state index is 12.3. The van der Waals surface area contributed by atoms with Gasteiger partial charge >= 0.3 is 0 Å². The number of amides is 1. The molecule has 1 amide bonds. The van der Waals surface area contributed by atoms with Gasteiger partial charge in [-0.2, -0.15) is 0 Å². The topological polar surface area (TPSA) is 46.4 Å². The molecule has 0 bridgehead atoms. The lowest BCUT2D eigenvalue weighted by Crippen LogP contribution is -2.56. The van der Waals surface area contributed by atoms with E-state index in [9.17, 15) is 4.79 Å². The van der Waals surface area contributed by atoms with E-state index in [2.05, 4.69) is 15.1 Å². The van der Waals surface area contributed by atoms with Gasteiger partial charge in [0.2, 0.25) is 5.91 Å². The first-order chi connectivity index (χ1) is 8.35. The monoisotopic (exact) mass is 243 g/mol. The lowest BCUT2D eigenvalue weighted by Gasteiger charge is -2.40. The van der Waals surface area contributed by atoms with Crippen molar-refractivity contribution < 1.29 is 4.79 Å². The number of hydrogen-bond donors (Lipinski definition) is 1. The van der Waals surface area contributed by atoms with Gasteiger partial charge in [0.1, 0.15) is 5.41 Å². The molecule has 0 saturated carbocycles. The molecule has 0 aliphatic carbocycles. The summed E-state index contributed by atoms with van der Waals surface area (Å²) in [5, 5.41) is 3.03. The highest BCUT2D eigenvalue weighted by Crippen LogP contribution is 2.39. The second-order valence-electron chi connectivity index (χ2n) is 5.44. The van der Waals surface area contributed by atoms with Crippen molar-refractivity contribution in [2.45, 2.75) is 45.1 Å². The van der Waals surface area contributed by atoms with Crippen molar-refractivity contribution in [1.82, 2.24) is 10.3 Å². The van der Waals surface area contributed by atoms with Crippen molar-refractivity contribution >= 4 is 11.7 Å². The molecule has 2 rings (SSSR count). The van der Waals surface area contributed by atoms with Crippen LogP contribution in [0.25, 0.3) is 4.85 Å². The van der Waals surface area contributed by atoms with Gasteiger partial charge in [0.25, 0.3) is 5.82 Å². The van der Waals surface area contributed by atoms with Gasteiger partial charge < -0.3 is 10.2 Å². The van der Waals surface area contributed by atoms with Gasteiger partial charge in [0.05, 0.1) is 5.54 Å². The van der Waals surface area contributed by atoms with E-state index in [1.54, 1.807) is 6.07 Å². The standard InChI is InChI=1S/C14H17N3O/c1-6-14(4)11-9(7-8-10(15-5)16-11)13(2,3)17-12(14)18/h7-8H,6H2,1-4H3,(H,17,18). The Kier molecular flexibility index (Phi) is 2.66. The number of hydrogen-bond acceptors (Lipinski definition) is 2. The van der Waals surface area contributed by atoms with Crippen molar-refractivity contribution in [2.24, 2.45) is 0 Å². The van der Waals surface area contributed by atoms with Crippen LogP contribution in [-0.2, 0) is 15.7 Å².